The van der Waals surface area contributed by atoms with Crippen molar-refractivity contribution in [1.29, 1.82) is 0 Å². The molecule has 0 aliphatic carbocycles. The van der Waals surface area contributed by atoms with Crippen molar-refractivity contribution in [3.8, 4) is 5.75 Å². The van der Waals surface area contributed by atoms with Crippen LogP contribution in [0.2, 0.25) is 10.0 Å². The zero-order valence-corrected chi connectivity index (χ0v) is 16.9. The van der Waals surface area contributed by atoms with Gasteiger partial charge in [-0.3, -0.25) is 9.69 Å². The molecule has 0 aromatic heterocycles. The summed E-state index contributed by atoms with van der Waals surface area (Å²) >= 11 is 12.0. The molecule has 1 fully saturated rings. The number of carbonyl (C=O) groups is 1. The minimum absolute atomic E-state index is 0.0158. The summed E-state index contributed by atoms with van der Waals surface area (Å²) < 4.78 is 5.58. The van der Waals surface area contributed by atoms with Gasteiger partial charge in [0, 0.05) is 37.2 Å². The number of hydrogen-bond acceptors (Lipinski definition) is 3. The first-order valence-electron chi connectivity index (χ1n) is 9.16. The van der Waals surface area contributed by atoms with E-state index in [2.05, 4.69) is 36.1 Å². The number of nitrogens with zero attached hydrogens (tertiary/aromatic N) is 2. The van der Waals surface area contributed by atoms with Crippen molar-refractivity contribution in [2.24, 2.45) is 0 Å². The van der Waals surface area contributed by atoms with Gasteiger partial charge in [0.2, 0.25) is 0 Å². The second-order valence-corrected chi connectivity index (χ2v) is 7.67. The highest BCUT2D eigenvalue weighted by Gasteiger charge is 2.26. The maximum atomic E-state index is 12.5. The molecule has 0 radical (unpaired) electrons. The zero-order chi connectivity index (χ0) is 19.2. The van der Waals surface area contributed by atoms with Gasteiger partial charge in [-0.15, -0.1) is 0 Å². The van der Waals surface area contributed by atoms with Crippen molar-refractivity contribution in [1.82, 2.24) is 9.80 Å². The van der Waals surface area contributed by atoms with Crippen LogP contribution in [-0.4, -0.2) is 54.5 Å². The minimum Gasteiger partial charge on any atom is -0.482 e. The predicted octanol–water partition coefficient (Wildman–Crippen LogP) is 4.15. The van der Waals surface area contributed by atoms with Gasteiger partial charge in [-0.05, 0) is 37.1 Å². The first-order valence-corrected chi connectivity index (χ1v) is 9.92. The molecular weight excluding hydrogens is 383 g/mol. The summed E-state index contributed by atoms with van der Waals surface area (Å²) in [5, 5.41) is 0.952. The summed E-state index contributed by atoms with van der Waals surface area (Å²) in [5.41, 5.74) is 1.34. The monoisotopic (exact) mass is 406 g/mol. The van der Waals surface area contributed by atoms with E-state index in [1.54, 1.807) is 18.2 Å². The number of carbonyl (C=O) groups excluding carboxylic acids is 1. The van der Waals surface area contributed by atoms with Crippen LogP contribution >= 0.6 is 23.2 Å². The number of hydrogen-bond donors (Lipinski definition) is 0. The highest BCUT2D eigenvalue weighted by molar-refractivity contribution is 6.35. The third kappa shape index (κ3) is 5.61. The van der Waals surface area contributed by atoms with Crippen molar-refractivity contribution < 1.29 is 9.53 Å². The zero-order valence-electron chi connectivity index (χ0n) is 15.4. The van der Waals surface area contributed by atoms with E-state index in [0.717, 1.165) is 26.1 Å². The molecule has 0 N–H and O–H groups in total. The van der Waals surface area contributed by atoms with Crippen LogP contribution in [-0.2, 0) is 11.2 Å². The van der Waals surface area contributed by atoms with Crippen LogP contribution in [0.3, 0.4) is 0 Å². The highest BCUT2D eigenvalue weighted by Crippen LogP contribution is 2.27. The Morgan fingerprint density at radius 1 is 1.15 bits per heavy atom. The van der Waals surface area contributed by atoms with Crippen molar-refractivity contribution in [3.05, 3.63) is 64.1 Å². The van der Waals surface area contributed by atoms with Gasteiger partial charge >= 0.3 is 0 Å². The molecule has 144 valence electrons. The molecule has 1 aliphatic heterocycles. The van der Waals surface area contributed by atoms with Gasteiger partial charge in [0.05, 0.1) is 5.02 Å². The molecule has 0 bridgehead atoms. The van der Waals surface area contributed by atoms with Crippen LogP contribution in [0.15, 0.2) is 48.5 Å². The lowest BCUT2D eigenvalue weighted by Crippen LogP contribution is -2.54. The molecule has 6 heteroatoms. The Morgan fingerprint density at radius 2 is 1.93 bits per heavy atom. The van der Waals surface area contributed by atoms with Gasteiger partial charge < -0.3 is 9.64 Å². The fraction of sp³-hybridized carbons (Fsp3) is 0.381. The summed E-state index contributed by atoms with van der Waals surface area (Å²) in [6, 6.07) is 15.8. The van der Waals surface area contributed by atoms with E-state index in [-0.39, 0.29) is 12.5 Å². The number of halogens is 2. The number of piperazine rings is 1. The average molecular weight is 407 g/mol. The second kappa shape index (κ2) is 9.45. The van der Waals surface area contributed by atoms with Crippen molar-refractivity contribution >= 4 is 29.1 Å². The van der Waals surface area contributed by atoms with Crippen molar-refractivity contribution in [2.45, 2.75) is 19.4 Å². The largest absolute Gasteiger partial charge is 0.482 e. The molecule has 0 saturated carbocycles. The van der Waals surface area contributed by atoms with Gasteiger partial charge in [0.1, 0.15) is 5.75 Å². The Balaban J connectivity index is 1.46. The number of amides is 1. The summed E-state index contributed by atoms with van der Waals surface area (Å²) in [6.07, 6.45) is 1.03. The molecule has 3 rings (SSSR count). The van der Waals surface area contributed by atoms with E-state index in [0.29, 0.717) is 28.4 Å². The number of benzene rings is 2. The third-order valence-electron chi connectivity index (χ3n) is 4.89. The Morgan fingerprint density at radius 3 is 2.63 bits per heavy atom. The molecule has 1 aliphatic rings. The Kier molecular flexibility index (Phi) is 7.00. The third-order valence-corrected chi connectivity index (χ3v) is 5.42. The Hall–Kier alpha value is -1.75. The molecular formula is C21H24Cl2N2O2. The van der Waals surface area contributed by atoms with Gasteiger partial charge in [-0.1, -0.05) is 53.5 Å². The quantitative estimate of drug-likeness (QED) is 0.722. The fourth-order valence-electron chi connectivity index (χ4n) is 3.29. The van der Waals surface area contributed by atoms with Gasteiger partial charge in [0.15, 0.2) is 6.61 Å². The standard InChI is InChI=1S/C21H24Cl2N2O2/c1-16-14-25(12-11-24(16)10-9-17-5-3-2-4-6-17)21(26)15-27-20-8-7-18(22)13-19(20)23/h2-8,13,16H,9-12,14-15H2,1H3. The Bertz CT molecular complexity index is 770. The van der Waals surface area contributed by atoms with Crippen LogP contribution in [0.5, 0.6) is 5.75 Å². The molecule has 1 unspecified atom stereocenters. The molecule has 0 spiro atoms. The maximum Gasteiger partial charge on any atom is 0.260 e. The SMILES string of the molecule is CC1CN(C(=O)COc2ccc(Cl)cc2Cl)CCN1CCc1ccccc1. The lowest BCUT2D eigenvalue weighted by atomic mass is 10.1. The van der Waals surface area contributed by atoms with Crippen LogP contribution in [0.4, 0.5) is 0 Å². The summed E-state index contributed by atoms with van der Waals surface area (Å²) in [7, 11) is 0. The minimum atomic E-state index is -0.0180. The number of ether oxygens (including phenoxy) is 1. The summed E-state index contributed by atoms with van der Waals surface area (Å²) in [4.78, 5) is 16.8. The van der Waals surface area contributed by atoms with Crippen LogP contribution in [0.1, 0.15) is 12.5 Å². The molecule has 1 saturated heterocycles. The van der Waals surface area contributed by atoms with E-state index in [4.69, 9.17) is 27.9 Å². The smallest absolute Gasteiger partial charge is 0.260 e. The van der Waals surface area contributed by atoms with Crippen molar-refractivity contribution in [3.63, 3.8) is 0 Å². The number of rotatable bonds is 6. The molecule has 2 aromatic carbocycles. The van der Waals surface area contributed by atoms with E-state index < -0.39 is 0 Å². The van der Waals surface area contributed by atoms with Crippen molar-refractivity contribution in [2.75, 3.05) is 32.8 Å². The molecule has 4 nitrogen and oxygen atoms in total. The van der Waals surface area contributed by atoms with E-state index in [9.17, 15) is 4.79 Å². The normalized spacial score (nSPS) is 17.7. The summed E-state index contributed by atoms with van der Waals surface area (Å²) in [5.74, 6) is 0.458. The lowest BCUT2D eigenvalue weighted by Gasteiger charge is -2.39. The van der Waals surface area contributed by atoms with Gasteiger partial charge in [-0.2, -0.15) is 0 Å². The van der Waals surface area contributed by atoms with Gasteiger partial charge in [0.25, 0.3) is 5.91 Å². The highest BCUT2D eigenvalue weighted by atomic mass is 35.5. The molecule has 27 heavy (non-hydrogen) atoms. The molecule has 1 heterocycles. The van der Waals surface area contributed by atoms with E-state index in [1.807, 2.05) is 11.0 Å². The van der Waals surface area contributed by atoms with Gasteiger partial charge in [-0.25, -0.2) is 0 Å². The average Bonchev–Trinajstić information content (AvgIpc) is 2.67. The maximum absolute atomic E-state index is 12.5. The Labute approximate surface area is 170 Å². The molecule has 1 amide bonds. The van der Waals surface area contributed by atoms with Crippen LogP contribution in [0, 0.1) is 0 Å². The van der Waals surface area contributed by atoms with Crippen LogP contribution < -0.4 is 4.74 Å². The molecule has 1 atom stereocenters. The van der Waals surface area contributed by atoms with E-state index in [1.165, 1.54) is 5.56 Å². The first-order chi connectivity index (χ1) is 13.0. The lowest BCUT2D eigenvalue weighted by molar-refractivity contribution is -0.136. The van der Waals surface area contributed by atoms with Crippen LogP contribution in [0.25, 0.3) is 0 Å². The predicted molar refractivity (Wildman–Crippen MR) is 110 cm³/mol. The van der Waals surface area contributed by atoms with E-state index >= 15 is 0 Å². The topological polar surface area (TPSA) is 32.8 Å². The molecule has 2 aromatic rings. The first kappa shape index (κ1) is 20.0. The summed E-state index contributed by atoms with van der Waals surface area (Å²) in [6.45, 7) is 5.46. The second-order valence-electron chi connectivity index (χ2n) is 6.82. The fourth-order valence-corrected chi connectivity index (χ4v) is 3.76.